The minimum Gasteiger partial charge on any atom is -0.493 e. The summed E-state index contributed by atoms with van der Waals surface area (Å²) in [4.78, 5) is 19.4. The highest BCUT2D eigenvalue weighted by molar-refractivity contribution is 6.13. The molecule has 0 radical (unpaired) electrons. The van der Waals surface area contributed by atoms with E-state index in [1.807, 2.05) is 0 Å². The Morgan fingerprint density at radius 3 is 2.30 bits per heavy atom. The maximum absolute atomic E-state index is 14.4. The van der Waals surface area contributed by atoms with Crippen LogP contribution in [-0.4, -0.2) is 54.1 Å². The minimum absolute atomic E-state index is 0.0182. The molecule has 2 aromatic carbocycles. The number of methoxy groups -OCH3 is 1. The molecule has 8 nitrogen and oxygen atoms in total. The van der Waals surface area contributed by atoms with Crippen LogP contribution < -0.4 is 19.6 Å². The molecule has 0 aliphatic rings. The van der Waals surface area contributed by atoms with Gasteiger partial charge in [0.2, 0.25) is 5.60 Å². The maximum atomic E-state index is 14.4. The second-order valence-electron chi connectivity index (χ2n) is 9.33. The molecule has 0 spiro atoms. The molecule has 0 unspecified atom stereocenters. The Labute approximate surface area is 233 Å². The summed E-state index contributed by atoms with van der Waals surface area (Å²) in [6.07, 6.45) is -5.27. The number of carbonyl (C=O) groups excluding carboxylic acids is 1. The third-order valence-electron chi connectivity index (χ3n) is 6.10. The molecular weight excluding hydrogens is 558 g/mol. The van der Waals surface area contributed by atoms with E-state index in [0.29, 0.717) is 5.56 Å². The number of rotatable bonds is 11. The Hall–Kier alpha value is -3.45. The molecule has 0 saturated carbocycles. The van der Waals surface area contributed by atoms with Gasteiger partial charge >= 0.3 is 6.18 Å². The molecule has 3 rings (SSSR count). The van der Waals surface area contributed by atoms with Crippen LogP contribution in [0.2, 0.25) is 0 Å². The van der Waals surface area contributed by atoms with E-state index < -0.39 is 41.3 Å². The third kappa shape index (κ3) is 6.81. The van der Waals surface area contributed by atoms with E-state index in [9.17, 15) is 27.5 Å². The smallest absolute Gasteiger partial charge is 0.424 e. The second-order valence-corrected chi connectivity index (χ2v) is 9.52. The van der Waals surface area contributed by atoms with Crippen LogP contribution in [0.4, 0.5) is 17.6 Å². The van der Waals surface area contributed by atoms with E-state index in [-0.39, 0.29) is 41.5 Å². The van der Waals surface area contributed by atoms with Crippen LogP contribution in [0.3, 0.4) is 0 Å². The first-order chi connectivity index (χ1) is 18.8. The van der Waals surface area contributed by atoms with Gasteiger partial charge in [-0.3, -0.25) is 4.79 Å². The second kappa shape index (κ2) is 12.4. The zero-order valence-corrected chi connectivity index (χ0v) is 22.5. The molecule has 3 aromatic rings. The Morgan fingerprint density at radius 1 is 1.05 bits per heavy atom. The lowest BCUT2D eigenvalue weighted by atomic mass is 9.89. The van der Waals surface area contributed by atoms with Crippen molar-refractivity contribution in [3.05, 3.63) is 77.2 Å². The number of hydrogen-bond acceptors (Lipinski definition) is 7. The molecule has 1 aromatic heterocycles. The van der Waals surface area contributed by atoms with Crippen molar-refractivity contribution in [2.24, 2.45) is 0 Å². The summed E-state index contributed by atoms with van der Waals surface area (Å²) >= 11 is 5.84. The van der Waals surface area contributed by atoms with Crippen molar-refractivity contribution >= 4 is 17.7 Å². The van der Waals surface area contributed by atoms with E-state index in [4.69, 9.17) is 26.4 Å². The number of ether oxygens (including phenoxy) is 2. The van der Waals surface area contributed by atoms with E-state index in [1.54, 1.807) is 13.8 Å². The predicted molar refractivity (Wildman–Crippen MR) is 140 cm³/mol. The van der Waals surface area contributed by atoms with Crippen molar-refractivity contribution in [3.63, 3.8) is 0 Å². The summed E-state index contributed by atoms with van der Waals surface area (Å²) in [6, 6.07) is 11.3. The Kier molecular flexibility index (Phi) is 9.62. The van der Waals surface area contributed by atoms with Crippen molar-refractivity contribution in [1.29, 1.82) is 0 Å². The quantitative estimate of drug-likeness (QED) is 0.195. The number of halogens is 5. The monoisotopic (exact) mass is 585 g/mol. The minimum atomic E-state index is -5.27. The fourth-order valence-electron chi connectivity index (χ4n) is 3.66. The zero-order valence-electron chi connectivity index (χ0n) is 21.8. The third-order valence-corrected chi connectivity index (χ3v) is 6.57. The van der Waals surface area contributed by atoms with Gasteiger partial charge in [-0.2, -0.15) is 13.2 Å². The van der Waals surface area contributed by atoms with Gasteiger partial charge in [-0.05, 0) is 85.8 Å². The summed E-state index contributed by atoms with van der Waals surface area (Å²) < 4.78 is 67.3. The van der Waals surface area contributed by atoms with Gasteiger partial charge in [-0.1, -0.05) is 0 Å². The van der Waals surface area contributed by atoms with Gasteiger partial charge in [0.25, 0.3) is 5.91 Å². The Morgan fingerprint density at radius 2 is 1.73 bits per heavy atom. The number of nitrogens with one attached hydrogen (secondary N) is 2. The number of hydrogen-bond donors (Lipinski definition) is 4. The van der Waals surface area contributed by atoms with Crippen LogP contribution in [0.5, 0.6) is 11.5 Å². The van der Waals surface area contributed by atoms with Crippen molar-refractivity contribution in [1.82, 2.24) is 15.1 Å². The molecule has 0 fully saturated rings. The molecule has 0 saturated heterocycles. The highest BCUT2D eigenvalue weighted by atomic mass is 35.5. The topological polar surface area (TPSA) is 113 Å². The fraction of sp³-hybridized carbons (Fsp3) is 0.333. The summed E-state index contributed by atoms with van der Waals surface area (Å²) in [5, 5.41) is 22.1. The van der Waals surface area contributed by atoms with Crippen molar-refractivity contribution in [3.8, 4) is 22.8 Å². The maximum Gasteiger partial charge on any atom is 0.424 e. The predicted octanol–water partition coefficient (Wildman–Crippen LogP) is 4.43. The van der Waals surface area contributed by atoms with Crippen LogP contribution in [0.25, 0.3) is 11.3 Å². The number of amides is 1. The van der Waals surface area contributed by atoms with E-state index >= 15 is 0 Å². The summed E-state index contributed by atoms with van der Waals surface area (Å²) in [5.74, 6) is -1.17. The van der Waals surface area contributed by atoms with E-state index in [2.05, 4.69) is 15.1 Å². The van der Waals surface area contributed by atoms with Gasteiger partial charge in [0.05, 0.1) is 37.2 Å². The molecule has 13 heteroatoms. The first-order valence-electron chi connectivity index (χ1n) is 11.9. The van der Waals surface area contributed by atoms with Crippen molar-refractivity contribution in [2.75, 3.05) is 26.9 Å². The highest BCUT2D eigenvalue weighted by Gasteiger charge is 2.56. The molecule has 4 N–H and O–H groups in total. The normalized spacial score (nSPS) is 13.4. The molecule has 0 aliphatic carbocycles. The van der Waals surface area contributed by atoms with E-state index in [0.717, 1.165) is 18.2 Å². The van der Waals surface area contributed by atoms with E-state index in [1.165, 1.54) is 43.5 Å². The molecular formula is C27H28ClF4N3O5. The first-order valence-corrected chi connectivity index (χ1v) is 12.3. The number of pyridine rings is 1. The summed E-state index contributed by atoms with van der Waals surface area (Å²) in [5.41, 5.74) is -5.02. The van der Waals surface area contributed by atoms with Gasteiger partial charge in [0, 0.05) is 11.1 Å². The van der Waals surface area contributed by atoms with Crippen LogP contribution in [0.15, 0.2) is 54.6 Å². The van der Waals surface area contributed by atoms with Gasteiger partial charge in [-0.25, -0.2) is 14.2 Å². The average Bonchev–Trinajstić information content (AvgIpc) is 2.93. The van der Waals surface area contributed by atoms with Gasteiger partial charge in [0.1, 0.15) is 12.4 Å². The molecule has 1 atom stereocenters. The molecule has 0 aliphatic heterocycles. The number of nitrogens with zero attached hydrogens (tertiary/aromatic N) is 1. The Balaban J connectivity index is 2.02. The van der Waals surface area contributed by atoms with Gasteiger partial charge in [0.15, 0.2) is 11.5 Å². The lowest BCUT2D eigenvalue weighted by Crippen LogP contribution is -2.51. The van der Waals surface area contributed by atoms with Gasteiger partial charge < -0.3 is 25.0 Å². The number of alkyl halides is 3. The standard InChI is InChI=1S/C27H28ClF4N3O5/c1-25(2,35-28)18-13-20(16-4-7-19(29)8-5-16)34-23(14-18)26(38,27(30,31)32)15-33-24(37)17-6-9-21(40-11-10-36)22(12-17)39-3/h4-9,12-14,35-36,38H,10-11,15H2,1-3H3,(H,33,37)/t26-/m1/s1. The van der Waals surface area contributed by atoms with Crippen LogP contribution in [-0.2, 0) is 11.1 Å². The fourth-order valence-corrected chi connectivity index (χ4v) is 3.77. The molecule has 1 amide bonds. The number of aromatic nitrogens is 1. The number of aliphatic hydroxyl groups excluding tert-OH is 1. The molecule has 216 valence electrons. The summed E-state index contributed by atoms with van der Waals surface area (Å²) in [6.45, 7) is 1.61. The SMILES string of the molecule is COc1cc(C(=O)NC[C@@](O)(c2cc(C(C)(C)NCl)cc(-c3ccc(F)cc3)n2)C(F)(F)F)ccc1OCCO. The lowest BCUT2D eigenvalue weighted by Gasteiger charge is -2.32. The van der Waals surface area contributed by atoms with Gasteiger partial charge in [-0.15, -0.1) is 0 Å². The largest absolute Gasteiger partial charge is 0.493 e. The first kappa shape index (κ1) is 31.1. The van der Waals surface area contributed by atoms with Crippen LogP contribution in [0.1, 0.15) is 35.5 Å². The number of benzene rings is 2. The number of carbonyl (C=O) groups is 1. The average molecular weight is 586 g/mol. The lowest BCUT2D eigenvalue weighted by molar-refractivity contribution is -0.265. The highest BCUT2D eigenvalue weighted by Crippen LogP contribution is 2.40. The van der Waals surface area contributed by atoms with Crippen LogP contribution in [0, 0.1) is 5.82 Å². The Bertz CT molecular complexity index is 1340. The summed E-state index contributed by atoms with van der Waals surface area (Å²) in [7, 11) is 1.31. The van der Waals surface area contributed by atoms with Crippen molar-refractivity contribution in [2.45, 2.75) is 31.2 Å². The zero-order chi connectivity index (χ0) is 29.7. The molecule has 40 heavy (non-hydrogen) atoms. The van der Waals surface area contributed by atoms with Crippen LogP contribution >= 0.6 is 11.8 Å². The molecule has 1 heterocycles. The van der Waals surface area contributed by atoms with Crippen molar-refractivity contribution < 1.29 is 42.0 Å². The molecule has 0 bridgehead atoms. The number of aliphatic hydroxyl groups is 2.